The molecule has 1 unspecified atom stereocenters. The van der Waals surface area contributed by atoms with Crippen molar-refractivity contribution in [3.8, 4) is 5.75 Å². The van der Waals surface area contributed by atoms with Crippen LogP contribution in [0.3, 0.4) is 0 Å². The van der Waals surface area contributed by atoms with Gasteiger partial charge in [0, 0.05) is 17.9 Å². The van der Waals surface area contributed by atoms with Gasteiger partial charge in [0.1, 0.15) is 6.04 Å². The topological polar surface area (TPSA) is 160 Å². The minimum Gasteiger partial charge on any atom is -0.494 e. The van der Waals surface area contributed by atoms with Crippen molar-refractivity contribution in [1.29, 1.82) is 0 Å². The molecule has 0 spiro atoms. The van der Waals surface area contributed by atoms with Crippen molar-refractivity contribution in [3.05, 3.63) is 88.2 Å². The van der Waals surface area contributed by atoms with Gasteiger partial charge in [-0.1, -0.05) is 6.07 Å². The van der Waals surface area contributed by atoms with Crippen LogP contribution in [0.4, 0.5) is 20.6 Å². The summed E-state index contributed by atoms with van der Waals surface area (Å²) in [6.07, 6.45) is 2.75. The summed E-state index contributed by atoms with van der Waals surface area (Å²) in [6.45, 7) is 0.318. The number of carbonyl (C=O) groups excluding carboxylic acids is 2. The van der Waals surface area contributed by atoms with Crippen LogP contribution in [-0.4, -0.2) is 61.3 Å². The molecule has 1 saturated heterocycles. The van der Waals surface area contributed by atoms with Gasteiger partial charge >= 0.3 is 6.09 Å². The van der Waals surface area contributed by atoms with E-state index in [9.17, 15) is 27.2 Å². The lowest BCUT2D eigenvalue weighted by atomic mass is 10.0. The van der Waals surface area contributed by atoms with E-state index >= 15 is 0 Å². The molecule has 1 saturated carbocycles. The Morgan fingerprint density at radius 3 is 2.57 bits per heavy atom. The maximum Gasteiger partial charge on any atom is 0.411 e. The van der Waals surface area contributed by atoms with Crippen molar-refractivity contribution in [2.24, 2.45) is 0 Å². The van der Waals surface area contributed by atoms with Crippen LogP contribution >= 0.6 is 0 Å². The van der Waals surface area contributed by atoms with Gasteiger partial charge in [-0.25, -0.2) is 22.6 Å². The van der Waals surface area contributed by atoms with Crippen molar-refractivity contribution in [2.75, 3.05) is 31.4 Å². The van der Waals surface area contributed by atoms with E-state index in [4.69, 9.17) is 9.47 Å². The maximum absolute atomic E-state index is 14.6. The molecule has 0 radical (unpaired) electrons. The van der Waals surface area contributed by atoms with Gasteiger partial charge in [0.25, 0.3) is 5.56 Å². The van der Waals surface area contributed by atoms with E-state index in [1.807, 2.05) is 0 Å². The number of H-pyrrole nitrogens is 1. The molecule has 4 aromatic rings. The molecule has 46 heavy (non-hydrogen) atoms. The number of nitrogens with zero attached hydrogens (tertiary/aromatic N) is 2. The van der Waals surface area contributed by atoms with Crippen LogP contribution < -0.4 is 20.9 Å². The van der Waals surface area contributed by atoms with Gasteiger partial charge in [-0.3, -0.25) is 14.9 Å². The lowest BCUT2D eigenvalue weighted by molar-refractivity contribution is -0.133. The van der Waals surface area contributed by atoms with Crippen molar-refractivity contribution >= 4 is 44.1 Å². The van der Waals surface area contributed by atoms with Gasteiger partial charge in [0.2, 0.25) is 5.91 Å². The Morgan fingerprint density at radius 2 is 1.83 bits per heavy atom. The predicted molar refractivity (Wildman–Crippen MR) is 168 cm³/mol. The van der Waals surface area contributed by atoms with E-state index in [1.165, 1.54) is 50.9 Å². The molecule has 14 heteroatoms. The zero-order chi connectivity index (χ0) is 32.6. The first-order valence-corrected chi connectivity index (χ1v) is 16.3. The summed E-state index contributed by atoms with van der Waals surface area (Å²) in [6, 6.07) is 11.8. The van der Waals surface area contributed by atoms with Gasteiger partial charge in [-0.05, 0) is 85.3 Å². The summed E-state index contributed by atoms with van der Waals surface area (Å²) in [5, 5.41) is 5.61. The smallest absolute Gasteiger partial charge is 0.411 e. The Kier molecular flexibility index (Phi) is 8.38. The second kappa shape index (κ2) is 12.4. The summed E-state index contributed by atoms with van der Waals surface area (Å²) >= 11 is 0. The number of benzene rings is 3. The largest absolute Gasteiger partial charge is 0.494 e. The number of aromatic amines is 1. The standard InChI is InChI=1S/C32H32FN5O7S/c1-44-27-14-18(5-10-24(27)33)29(36-19-6-11-25-22(15-19)30(39)35-17-34-25)31(40)38-13-3-4-26(38)23-16-20(37-32(41)45-2)7-12-28(23)46(42,43)21-8-9-21/h5-7,10-12,14-17,21,26,29,36H,3-4,8-9,13H2,1-2H3,(H,37,41)(H,34,35,39)/t26?,29-/m1/s1. The molecule has 2 amide bonds. The third kappa shape index (κ3) is 5.99. The number of hydrogen-bond donors (Lipinski definition) is 3. The van der Waals surface area contributed by atoms with E-state index in [0.717, 1.165) is 0 Å². The van der Waals surface area contributed by atoms with Crippen LogP contribution in [-0.2, 0) is 19.4 Å². The highest BCUT2D eigenvalue weighted by atomic mass is 32.2. The summed E-state index contributed by atoms with van der Waals surface area (Å²) in [5.41, 5.74) is 1.65. The van der Waals surface area contributed by atoms with Crippen molar-refractivity contribution < 1.29 is 31.9 Å². The molecule has 6 rings (SSSR count). The van der Waals surface area contributed by atoms with Gasteiger partial charge < -0.3 is 24.7 Å². The van der Waals surface area contributed by atoms with Crippen LogP contribution in [0.1, 0.15) is 48.9 Å². The zero-order valence-corrected chi connectivity index (χ0v) is 25.9. The number of likely N-dealkylation sites (tertiary alicyclic amines) is 1. The molecule has 1 aromatic heterocycles. The van der Waals surface area contributed by atoms with Crippen LogP contribution in [0.15, 0.2) is 70.6 Å². The maximum atomic E-state index is 14.6. The van der Waals surface area contributed by atoms with E-state index in [1.54, 1.807) is 29.2 Å². The number of aromatic nitrogens is 2. The Labute approximate surface area is 263 Å². The number of hydrogen-bond acceptors (Lipinski definition) is 9. The monoisotopic (exact) mass is 649 g/mol. The third-order valence-corrected chi connectivity index (χ3v) is 10.6. The Balaban J connectivity index is 1.42. The molecule has 3 aromatic carbocycles. The second-order valence-electron chi connectivity index (χ2n) is 11.2. The quantitative estimate of drug-likeness (QED) is 0.234. The number of carbonyl (C=O) groups is 2. The van der Waals surface area contributed by atoms with Crippen LogP contribution in [0.2, 0.25) is 0 Å². The number of anilines is 2. The number of halogens is 1. The SMILES string of the molecule is COC(=O)Nc1ccc(S(=O)(=O)C2CC2)c(C2CCCN2C(=O)[C@H](Nc2ccc3nc[nH]c(=O)c3c2)c2ccc(F)c(OC)c2)c1. The summed E-state index contributed by atoms with van der Waals surface area (Å²) in [4.78, 5) is 47.5. The molecule has 2 aliphatic rings. The normalized spacial score (nSPS) is 17.0. The summed E-state index contributed by atoms with van der Waals surface area (Å²) < 4.78 is 51.5. The fourth-order valence-electron chi connectivity index (χ4n) is 5.86. The lowest BCUT2D eigenvalue weighted by Gasteiger charge is -2.31. The third-order valence-electron chi connectivity index (χ3n) is 8.31. The Hall–Kier alpha value is -4.98. The minimum absolute atomic E-state index is 0.0615. The average Bonchev–Trinajstić information content (AvgIpc) is 3.81. The number of nitrogens with one attached hydrogen (secondary N) is 3. The van der Waals surface area contributed by atoms with Crippen molar-refractivity contribution in [1.82, 2.24) is 14.9 Å². The summed E-state index contributed by atoms with van der Waals surface area (Å²) in [7, 11) is -1.14. The lowest BCUT2D eigenvalue weighted by Crippen LogP contribution is -2.38. The summed E-state index contributed by atoms with van der Waals surface area (Å²) in [5.74, 6) is -1.07. The number of sulfone groups is 1. The van der Waals surface area contributed by atoms with E-state index in [-0.39, 0.29) is 16.2 Å². The number of fused-ring (bicyclic) bond motifs is 1. The first-order chi connectivity index (χ1) is 22.1. The zero-order valence-electron chi connectivity index (χ0n) is 25.1. The van der Waals surface area contributed by atoms with Gasteiger partial charge in [0.05, 0.1) is 47.6 Å². The highest BCUT2D eigenvalue weighted by molar-refractivity contribution is 7.92. The van der Waals surface area contributed by atoms with Crippen LogP contribution in [0.5, 0.6) is 5.75 Å². The Morgan fingerprint density at radius 1 is 1.04 bits per heavy atom. The molecule has 2 heterocycles. The first kappa shape index (κ1) is 31.0. The van der Waals surface area contributed by atoms with E-state index in [2.05, 4.69) is 20.6 Å². The fourth-order valence-corrected chi connectivity index (χ4v) is 7.76. The molecule has 3 N–H and O–H groups in total. The number of ether oxygens (including phenoxy) is 2. The van der Waals surface area contributed by atoms with E-state index in [0.29, 0.717) is 65.6 Å². The van der Waals surface area contributed by atoms with Crippen molar-refractivity contribution in [3.63, 3.8) is 0 Å². The minimum atomic E-state index is -3.69. The van der Waals surface area contributed by atoms with Gasteiger partial charge in [-0.15, -0.1) is 0 Å². The van der Waals surface area contributed by atoms with Crippen molar-refractivity contribution in [2.45, 2.75) is 47.9 Å². The van der Waals surface area contributed by atoms with Gasteiger partial charge in [0.15, 0.2) is 21.4 Å². The molecule has 2 fully saturated rings. The molecule has 1 aliphatic heterocycles. The molecule has 1 aliphatic carbocycles. The second-order valence-corrected chi connectivity index (χ2v) is 13.4. The highest BCUT2D eigenvalue weighted by Crippen LogP contribution is 2.43. The number of amides is 2. The fraction of sp³-hybridized carbons (Fsp3) is 0.312. The number of rotatable bonds is 9. The Bertz CT molecular complexity index is 2000. The molecular formula is C32H32FN5O7S. The first-order valence-electron chi connectivity index (χ1n) is 14.7. The molecule has 2 atom stereocenters. The molecule has 0 bridgehead atoms. The molecule has 12 nitrogen and oxygen atoms in total. The number of methoxy groups -OCH3 is 2. The van der Waals surface area contributed by atoms with Crippen LogP contribution in [0.25, 0.3) is 10.9 Å². The van der Waals surface area contributed by atoms with Crippen LogP contribution in [0, 0.1) is 5.82 Å². The van der Waals surface area contributed by atoms with Gasteiger partial charge in [-0.2, -0.15) is 0 Å². The molecular weight excluding hydrogens is 617 g/mol. The molecule has 240 valence electrons. The highest BCUT2D eigenvalue weighted by Gasteiger charge is 2.42. The van der Waals surface area contributed by atoms with E-state index < -0.39 is 45.0 Å². The predicted octanol–water partition coefficient (Wildman–Crippen LogP) is 4.70. The average molecular weight is 650 g/mol.